The van der Waals surface area contributed by atoms with Gasteiger partial charge in [-0.2, -0.15) is 5.26 Å². The van der Waals surface area contributed by atoms with Gasteiger partial charge in [0.2, 0.25) is 5.13 Å². The second kappa shape index (κ2) is 5.82. The van der Waals surface area contributed by atoms with Crippen molar-refractivity contribution in [3.8, 4) is 16.5 Å². The van der Waals surface area contributed by atoms with Gasteiger partial charge in [-0.05, 0) is 23.4 Å². The van der Waals surface area contributed by atoms with Crippen LogP contribution in [0.1, 0.15) is 0 Å². The Bertz CT molecular complexity index is 759. The number of rotatable bonds is 3. The summed E-state index contributed by atoms with van der Waals surface area (Å²) >= 11 is 2.57. The first kappa shape index (κ1) is 12.8. The maximum atomic E-state index is 8.88. The highest BCUT2D eigenvalue weighted by Crippen LogP contribution is 2.42. The molecule has 0 spiro atoms. The second-order valence-electron chi connectivity index (χ2n) is 3.84. The van der Waals surface area contributed by atoms with E-state index in [1.807, 2.05) is 41.8 Å². The molecule has 6 heteroatoms. The number of azo groups is 1. The number of hydrogen-bond donors (Lipinski definition) is 0. The number of thiocyanates is 1. The Morgan fingerprint density at radius 2 is 2.00 bits per heavy atom. The second-order valence-corrected chi connectivity index (χ2v) is 5.54. The fraction of sp³-hybridized carbons (Fsp3) is 0. The van der Waals surface area contributed by atoms with Crippen LogP contribution < -0.4 is 0 Å². The minimum Gasteiger partial charge on any atom is -0.226 e. The van der Waals surface area contributed by atoms with E-state index in [1.54, 1.807) is 6.20 Å². The molecule has 0 aromatic carbocycles. The van der Waals surface area contributed by atoms with Gasteiger partial charge < -0.3 is 0 Å². The van der Waals surface area contributed by atoms with Gasteiger partial charge >= 0.3 is 0 Å². The molecule has 0 N–H and O–H groups in total. The Balaban J connectivity index is 2.06. The zero-order chi connectivity index (χ0) is 13.8. The number of aromatic nitrogens is 1. The van der Waals surface area contributed by atoms with Crippen LogP contribution in [0.2, 0.25) is 0 Å². The molecule has 0 saturated carbocycles. The summed E-state index contributed by atoms with van der Waals surface area (Å²) in [5.41, 5.74) is 2.74. The van der Waals surface area contributed by atoms with E-state index in [2.05, 4.69) is 20.6 Å². The molecule has 0 atom stereocenters. The topological polar surface area (TPSA) is 61.4 Å². The molecule has 0 radical (unpaired) electrons. The van der Waals surface area contributed by atoms with Gasteiger partial charge in [0.1, 0.15) is 5.40 Å². The molecule has 20 heavy (non-hydrogen) atoms. The molecule has 1 aromatic heterocycles. The number of hydrogen-bond acceptors (Lipinski definition) is 6. The van der Waals surface area contributed by atoms with Crippen LogP contribution in [0.15, 0.2) is 63.1 Å². The molecule has 0 bridgehead atoms. The first-order chi connectivity index (χ1) is 9.88. The van der Waals surface area contributed by atoms with Crippen LogP contribution in [0.5, 0.6) is 0 Å². The van der Waals surface area contributed by atoms with E-state index >= 15 is 0 Å². The molecule has 1 aromatic rings. The zero-order valence-corrected chi connectivity index (χ0v) is 11.9. The van der Waals surface area contributed by atoms with Crippen molar-refractivity contribution in [1.82, 2.24) is 4.98 Å². The standard InChI is InChI=1S/C14H8N4S2/c15-9-20-13-8-12(17-18-14-16-6-7-19-14)10-4-2-1-3-5-11(10)13/h1-8H. The Hall–Kier alpha value is -2.23. The van der Waals surface area contributed by atoms with E-state index in [-0.39, 0.29) is 0 Å². The predicted octanol–water partition coefficient (Wildman–Crippen LogP) is 5.24. The fourth-order valence-electron chi connectivity index (χ4n) is 1.84. The number of nitrogens with zero attached hydrogens (tertiary/aromatic N) is 4. The number of nitriles is 1. The Morgan fingerprint density at radius 3 is 2.75 bits per heavy atom. The monoisotopic (exact) mass is 296 g/mol. The van der Waals surface area contributed by atoms with Crippen molar-refractivity contribution in [2.24, 2.45) is 10.2 Å². The third-order valence-corrected chi connectivity index (χ3v) is 3.97. The average Bonchev–Trinajstić information content (AvgIpc) is 2.99. The summed E-state index contributed by atoms with van der Waals surface area (Å²) in [6, 6.07) is 11.7. The van der Waals surface area contributed by atoms with Crippen LogP contribution >= 0.6 is 23.1 Å². The minimum absolute atomic E-state index is 0.620. The SMILES string of the molecule is N#CSc1cc(N=Nc2nccs2)c2cccccc1-2. The van der Waals surface area contributed by atoms with E-state index in [1.165, 1.54) is 11.3 Å². The Kier molecular flexibility index (Phi) is 3.72. The summed E-state index contributed by atoms with van der Waals surface area (Å²) in [4.78, 5) is 4.96. The van der Waals surface area contributed by atoms with Gasteiger partial charge in [-0.25, -0.2) is 4.98 Å². The van der Waals surface area contributed by atoms with Gasteiger partial charge in [-0.15, -0.1) is 21.6 Å². The molecule has 2 aliphatic carbocycles. The highest BCUT2D eigenvalue weighted by atomic mass is 32.2. The molecule has 4 nitrogen and oxygen atoms in total. The molecule has 0 fully saturated rings. The summed E-state index contributed by atoms with van der Waals surface area (Å²) in [5, 5.41) is 21.8. The lowest BCUT2D eigenvalue weighted by molar-refractivity contribution is 1.20. The van der Waals surface area contributed by atoms with Gasteiger partial charge in [0.25, 0.3) is 0 Å². The number of thioether (sulfide) groups is 1. The third-order valence-electron chi connectivity index (χ3n) is 2.67. The lowest BCUT2D eigenvalue weighted by Crippen LogP contribution is -1.68. The van der Waals surface area contributed by atoms with Crippen LogP contribution in [0.25, 0.3) is 11.1 Å². The van der Waals surface area contributed by atoms with Crippen LogP contribution in [-0.2, 0) is 0 Å². The molecule has 0 saturated heterocycles. The van der Waals surface area contributed by atoms with Crippen LogP contribution in [-0.4, -0.2) is 4.98 Å². The molecular formula is C14H8N4S2. The van der Waals surface area contributed by atoms with E-state index in [4.69, 9.17) is 5.26 Å². The normalized spacial score (nSPS) is 10.9. The van der Waals surface area contributed by atoms with Gasteiger partial charge in [-0.3, -0.25) is 0 Å². The van der Waals surface area contributed by atoms with Crippen molar-refractivity contribution in [3.63, 3.8) is 0 Å². The molecular weight excluding hydrogens is 288 g/mol. The van der Waals surface area contributed by atoms with Crippen molar-refractivity contribution in [1.29, 1.82) is 5.26 Å². The first-order valence-corrected chi connectivity index (χ1v) is 7.47. The number of thiazole rings is 1. The van der Waals surface area contributed by atoms with Gasteiger partial charge in [0.15, 0.2) is 0 Å². The molecule has 3 rings (SSSR count). The summed E-state index contributed by atoms with van der Waals surface area (Å²) in [6.45, 7) is 0. The smallest absolute Gasteiger partial charge is 0.226 e. The largest absolute Gasteiger partial charge is 0.229 e. The van der Waals surface area contributed by atoms with Crippen molar-refractivity contribution >= 4 is 33.9 Å². The fourth-order valence-corrected chi connectivity index (χ4v) is 2.85. The molecule has 2 aliphatic rings. The van der Waals surface area contributed by atoms with Gasteiger partial charge in [0, 0.05) is 22.0 Å². The molecule has 96 valence electrons. The third kappa shape index (κ3) is 2.54. The summed E-state index contributed by atoms with van der Waals surface area (Å²) in [6.07, 6.45) is 1.69. The van der Waals surface area contributed by atoms with Crippen LogP contribution in [0.4, 0.5) is 10.8 Å². The van der Waals surface area contributed by atoms with Crippen molar-refractivity contribution in [2.45, 2.75) is 4.90 Å². The average molecular weight is 296 g/mol. The predicted molar refractivity (Wildman–Crippen MR) is 80.8 cm³/mol. The van der Waals surface area contributed by atoms with Crippen LogP contribution in [0, 0.1) is 10.7 Å². The summed E-state index contributed by atoms with van der Waals surface area (Å²) in [7, 11) is 0. The lowest BCUT2D eigenvalue weighted by Gasteiger charge is -1.95. The first-order valence-electron chi connectivity index (χ1n) is 5.77. The molecule has 0 unspecified atom stereocenters. The zero-order valence-electron chi connectivity index (χ0n) is 10.2. The Morgan fingerprint density at radius 1 is 1.15 bits per heavy atom. The summed E-state index contributed by atoms with van der Waals surface area (Å²) in [5.74, 6) is 0. The van der Waals surface area contributed by atoms with Crippen molar-refractivity contribution in [2.75, 3.05) is 0 Å². The molecule has 0 aliphatic heterocycles. The van der Waals surface area contributed by atoms with Crippen LogP contribution in [0.3, 0.4) is 0 Å². The molecule has 0 amide bonds. The van der Waals surface area contributed by atoms with E-state index in [0.29, 0.717) is 5.13 Å². The maximum absolute atomic E-state index is 8.88. The van der Waals surface area contributed by atoms with E-state index in [0.717, 1.165) is 33.5 Å². The van der Waals surface area contributed by atoms with Crippen molar-refractivity contribution < 1.29 is 0 Å². The Labute approximate surface area is 124 Å². The quantitative estimate of drug-likeness (QED) is 0.377. The highest BCUT2D eigenvalue weighted by Gasteiger charge is 2.15. The van der Waals surface area contributed by atoms with Gasteiger partial charge in [0.05, 0.1) is 5.69 Å². The highest BCUT2D eigenvalue weighted by molar-refractivity contribution is 8.03. The minimum atomic E-state index is 0.620. The van der Waals surface area contributed by atoms with Crippen molar-refractivity contribution in [3.05, 3.63) is 48.0 Å². The van der Waals surface area contributed by atoms with E-state index in [9.17, 15) is 0 Å². The molecule has 1 heterocycles. The number of fused-ring (bicyclic) bond motifs is 1. The maximum Gasteiger partial charge on any atom is 0.229 e. The summed E-state index contributed by atoms with van der Waals surface area (Å²) < 4.78 is 0. The lowest BCUT2D eigenvalue weighted by atomic mass is 10.2. The van der Waals surface area contributed by atoms with Gasteiger partial charge in [-0.1, -0.05) is 30.3 Å². The van der Waals surface area contributed by atoms with E-state index < -0.39 is 0 Å².